The molecule has 2 aliphatic rings. The first-order valence-electron chi connectivity index (χ1n) is 8.64. The van der Waals surface area contributed by atoms with E-state index in [1.165, 1.54) is 6.42 Å². The fourth-order valence-electron chi connectivity index (χ4n) is 4.05. The Labute approximate surface area is 144 Å². The third-order valence-corrected chi connectivity index (χ3v) is 5.37. The number of nitrogens with zero attached hydrogens (tertiary/aromatic N) is 2. The van der Waals surface area contributed by atoms with Crippen molar-refractivity contribution in [2.24, 2.45) is 17.8 Å². The highest BCUT2D eigenvalue weighted by Gasteiger charge is 2.35. The summed E-state index contributed by atoms with van der Waals surface area (Å²) < 4.78 is 5.15. The number of allylic oxidation sites excluding steroid dienone is 2. The Morgan fingerprint density at radius 3 is 3.08 bits per heavy atom. The number of amides is 1. The van der Waals surface area contributed by atoms with E-state index in [4.69, 9.17) is 4.52 Å². The van der Waals surface area contributed by atoms with Crippen molar-refractivity contribution in [2.45, 2.75) is 12.8 Å². The van der Waals surface area contributed by atoms with Crippen LogP contribution in [0.1, 0.15) is 23.5 Å². The molecule has 5 rings (SSSR count). The van der Waals surface area contributed by atoms with E-state index in [9.17, 15) is 4.79 Å². The summed E-state index contributed by atoms with van der Waals surface area (Å²) in [6, 6.07) is 7.85. The van der Waals surface area contributed by atoms with E-state index in [-0.39, 0.29) is 11.8 Å². The lowest BCUT2D eigenvalue weighted by molar-refractivity contribution is 0.0901. The molecular formula is C19H18N4O2. The number of hydrogen-bond acceptors (Lipinski definition) is 4. The fraction of sp³-hybridized carbons (Fsp3) is 0.316. The molecule has 126 valence electrons. The molecule has 0 saturated heterocycles. The van der Waals surface area contributed by atoms with Crippen molar-refractivity contribution in [1.29, 1.82) is 0 Å². The maximum atomic E-state index is 12.3. The molecule has 3 atom stereocenters. The van der Waals surface area contributed by atoms with Crippen LogP contribution in [0.2, 0.25) is 0 Å². The van der Waals surface area contributed by atoms with E-state index in [1.54, 1.807) is 0 Å². The van der Waals surface area contributed by atoms with Crippen LogP contribution in [-0.2, 0) is 0 Å². The van der Waals surface area contributed by atoms with Gasteiger partial charge in [-0.25, -0.2) is 0 Å². The average Bonchev–Trinajstić information content (AvgIpc) is 3.42. The van der Waals surface area contributed by atoms with Crippen LogP contribution in [0, 0.1) is 17.8 Å². The summed E-state index contributed by atoms with van der Waals surface area (Å²) in [6.45, 7) is 0.663. The number of rotatable bonds is 4. The molecular weight excluding hydrogens is 316 g/mol. The highest BCUT2D eigenvalue weighted by atomic mass is 16.5. The molecule has 25 heavy (non-hydrogen) atoms. The molecule has 2 N–H and O–H groups in total. The van der Waals surface area contributed by atoms with Gasteiger partial charge in [-0.15, -0.1) is 0 Å². The zero-order valence-electron chi connectivity index (χ0n) is 13.6. The summed E-state index contributed by atoms with van der Waals surface area (Å²) in [6.07, 6.45) is 8.86. The molecule has 2 aliphatic carbocycles. The number of H-pyrrole nitrogens is 1. The minimum absolute atomic E-state index is 0.0141. The Bertz CT molecular complexity index is 971. The van der Waals surface area contributed by atoms with Crippen LogP contribution in [0.4, 0.5) is 0 Å². The van der Waals surface area contributed by atoms with Gasteiger partial charge >= 0.3 is 11.8 Å². The van der Waals surface area contributed by atoms with Gasteiger partial charge < -0.3 is 14.8 Å². The maximum Gasteiger partial charge on any atom is 0.316 e. The van der Waals surface area contributed by atoms with Crippen LogP contribution in [0.5, 0.6) is 0 Å². The number of benzene rings is 1. The number of aromatic nitrogens is 3. The van der Waals surface area contributed by atoms with Crippen molar-refractivity contribution in [2.75, 3.05) is 6.54 Å². The normalized spacial score (nSPS) is 24.2. The zero-order valence-corrected chi connectivity index (χ0v) is 13.6. The van der Waals surface area contributed by atoms with Crippen LogP contribution < -0.4 is 5.32 Å². The van der Waals surface area contributed by atoms with Gasteiger partial charge in [0.25, 0.3) is 0 Å². The van der Waals surface area contributed by atoms with Gasteiger partial charge in [-0.05, 0) is 48.1 Å². The molecule has 6 nitrogen and oxygen atoms in total. The Balaban J connectivity index is 1.28. The van der Waals surface area contributed by atoms with Crippen LogP contribution in [0.25, 0.3) is 22.3 Å². The third kappa shape index (κ3) is 2.54. The number of aromatic amines is 1. The second-order valence-corrected chi connectivity index (χ2v) is 6.95. The van der Waals surface area contributed by atoms with E-state index < -0.39 is 0 Å². The molecule has 1 amide bonds. The third-order valence-electron chi connectivity index (χ3n) is 5.37. The van der Waals surface area contributed by atoms with Gasteiger partial charge in [0, 0.05) is 23.8 Å². The van der Waals surface area contributed by atoms with Gasteiger partial charge in [0.2, 0.25) is 5.82 Å². The number of hydrogen-bond donors (Lipinski definition) is 2. The standard InChI is InChI=1S/C19H18N4O2/c24-18(21-10-15-8-11-1-2-13(15)7-11)19-22-17(23-25-19)14-4-3-12-5-6-20-16(12)9-14/h1-6,9,11,13,15,20H,7-8,10H2,(H,21,24)/t11-,13-,15-/m0/s1. The lowest BCUT2D eigenvalue weighted by atomic mass is 9.94. The number of carbonyl (C=O) groups is 1. The van der Waals surface area contributed by atoms with Gasteiger partial charge in [0.15, 0.2) is 0 Å². The fourth-order valence-corrected chi connectivity index (χ4v) is 4.05. The molecule has 1 aromatic carbocycles. The van der Waals surface area contributed by atoms with E-state index in [2.05, 4.69) is 32.6 Å². The lowest BCUT2D eigenvalue weighted by Crippen LogP contribution is -2.31. The summed E-state index contributed by atoms with van der Waals surface area (Å²) in [7, 11) is 0. The molecule has 0 aliphatic heterocycles. The van der Waals surface area contributed by atoms with Gasteiger partial charge in [-0.3, -0.25) is 4.79 Å². The number of fused-ring (bicyclic) bond motifs is 3. The van der Waals surface area contributed by atoms with E-state index >= 15 is 0 Å². The van der Waals surface area contributed by atoms with Crippen molar-refractivity contribution >= 4 is 16.8 Å². The van der Waals surface area contributed by atoms with Crippen molar-refractivity contribution in [1.82, 2.24) is 20.4 Å². The average molecular weight is 334 g/mol. The van der Waals surface area contributed by atoms with E-state index in [0.29, 0.717) is 30.1 Å². The largest absolute Gasteiger partial charge is 0.361 e. The Hall–Kier alpha value is -2.89. The summed E-state index contributed by atoms with van der Waals surface area (Å²) in [5.41, 5.74) is 1.81. The smallest absolute Gasteiger partial charge is 0.316 e. The zero-order chi connectivity index (χ0) is 16.8. The monoisotopic (exact) mass is 334 g/mol. The van der Waals surface area contributed by atoms with Crippen molar-refractivity contribution in [3.8, 4) is 11.4 Å². The summed E-state index contributed by atoms with van der Waals surface area (Å²) in [4.78, 5) is 19.7. The second-order valence-electron chi connectivity index (χ2n) is 6.95. The predicted molar refractivity (Wildman–Crippen MR) is 92.8 cm³/mol. The Kier molecular flexibility index (Phi) is 3.23. The minimum atomic E-state index is -0.300. The molecule has 1 fully saturated rings. The van der Waals surface area contributed by atoms with Crippen molar-refractivity contribution in [3.63, 3.8) is 0 Å². The van der Waals surface area contributed by atoms with Crippen LogP contribution in [-0.4, -0.2) is 27.6 Å². The molecule has 2 bridgehead atoms. The van der Waals surface area contributed by atoms with Gasteiger partial charge in [-0.2, -0.15) is 4.98 Å². The Morgan fingerprint density at radius 2 is 2.24 bits per heavy atom. The summed E-state index contributed by atoms with van der Waals surface area (Å²) in [5.74, 6) is 1.97. The summed E-state index contributed by atoms with van der Waals surface area (Å²) >= 11 is 0. The highest BCUT2D eigenvalue weighted by Crippen LogP contribution is 2.42. The lowest BCUT2D eigenvalue weighted by Gasteiger charge is -2.17. The highest BCUT2D eigenvalue weighted by molar-refractivity contribution is 5.90. The molecule has 2 heterocycles. The second kappa shape index (κ2) is 5.58. The summed E-state index contributed by atoms with van der Waals surface area (Å²) in [5, 5.41) is 8.00. The molecule has 1 saturated carbocycles. The predicted octanol–water partition coefficient (Wildman–Crippen LogP) is 3.16. The maximum absolute atomic E-state index is 12.3. The van der Waals surface area contributed by atoms with Gasteiger partial charge in [0.1, 0.15) is 0 Å². The van der Waals surface area contributed by atoms with Gasteiger partial charge in [-0.1, -0.05) is 29.4 Å². The van der Waals surface area contributed by atoms with Crippen LogP contribution in [0.3, 0.4) is 0 Å². The number of nitrogens with one attached hydrogen (secondary N) is 2. The van der Waals surface area contributed by atoms with Crippen molar-refractivity contribution in [3.05, 3.63) is 48.5 Å². The van der Waals surface area contributed by atoms with E-state index in [0.717, 1.165) is 22.9 Å². The van der Waals surface area contributed by atoms with Gasteiger partial charge in [0.05, 0.1) is 0 Å². The van der Waals surface area contributed by atoms with Crippen molar-refractivity contribution < 1.29 is 9.32 Å². The minimum Gasteiger partial charge on any atom is -0.361 e. The van der Waals surface area contributed by atoms with Crippen LogP contribution >= 0.6 is 0 Å². The molecule has 0 unspecified atom stereocenters. The Morgan fingerprint density at radius 1 is 1.28 bits per heavy atom. The van der Waals surface area contributed by atoms with E-state index in [1.807, 2.05) is 30.5 Å². The first-order valence-corrected chi connectivity index (χ1v) is 8.64. The molecule has 6 heteroatoms. The first-order chi connectivity index (χ1) is 12.3. The molecule has 2 aromatic heterocycles. The number of carbonyl (C=O) groups excluding carboxylic acids is 1. The molecule has 3 aromatic rings. The SMILES string of the molecule is O=C(NC[C@@H]1C[C@H]2C=C[C@H]1C2)c1nc(-c2ccc3cc[nH]c3c2)no1. The van der Waals surface area contributed by atoms with Crippen LogP contribution in [0.15, 0.2) is 47.1 Å². The molecule has 0 radical (unpaired) electrons. The first kappa shape index (κ1) is 14.5. The topological polar surface area (TPSA) is 83.8 Å². The molecule has 0 spiro atoms. The quantitative estimate of drug-likeness (QED) is 0.718.